The van der Waals surface area contributed by atoms with Crippen LogP contribution in [0.4, 0.5) is 0 Å². The van der Waals surface area contributed by atoms with Crippen LogP contribution in [-0.2, 0) is 11.3 Å². The molecule has 84 valence electrons. The van der Waals surface area contributed by atoms with Gasteiger partial charge in [0.1, 0.15) is 6.04 Å². The fourth-order valence-electron chi connectivity index (χ4n) is 1.28. The van der Waals surface area contributed by atoms with Crippen LogP contribution < -0.4 is 5.32 Å². The van der Waals surface area contributed by atoms with Gasteiger partial charge in [-0.25, -0.2) is 0 Å². The van der Waals surface area contributed by atoms with Gasteiger partial charge in [0.15, 0.2) is 0 Å². The highest BCUT2D eigenvalue weighted by molar-refractivity contribution is 5.81. The van der Waals surface area contributed by atoms with Crippen molar-refractivity contribution < 1.29 is 4.79 Å². The first-order chi connectivity index (χ1) is 7.77. The summed E-state index contributed by atoms with van der Waals surface area (Å²) in [5.74, 6) is -0.232. The zero-order valence-corrected chi connectivity index (χ0v) is 9.13. The maximum atomic E-state index is 11.6. The summed E-state index contributed by atoms with van der Waals surface area (Å²) in [7, 11) is 0. The third-order valence-electron chi connectivity index (χ3n) is 2.19. The molecule has 0 saturated carbocycles. The summed E-state index contributed by atoms with van der Waals surface area (Å²) in [5.41, 5.74) is 9.30. The molecule has 0 aliphatic rings. The normalized spacial score (nSPS) is 11.3. The number of nitrogens with zero attached hydrogens (tertiary/aromatic N) is 3. The highest BCUT2D eigenvalue weighted by Crippen LogP contribution is 2.01. The van der Waals surface area contributed by atoms with Crippen LogP contribution in [0.25, 0.3) is 10.4 Å². The smallest absolute Gasteiger partial charge is 0.229 e. The molecule has 1 unspecified atom stereocenters. The van der Waals surface area contributed by atoms with Crippen molar-refractivity contribution in [1.82, 2.24) is 5.32 Å². The lowest BCUT2D eigenvalue weighted by Gasteiger charge is -2.09. The van der Waals surface area contributed by atoms with Crippen molar-refractivity contribution in [3.05, 3.63) is 46.3 Å². The van der Waals surface area contributed by atoms with Crippen LogP contribution in [0.15, 0.2) is 35.4 Å². The summed E-state index contributed by atoms with van der Waals surface area (Å²) in [5, 5.41) is 6.15. The molecule has 0 aliphatic carbocycles. The molecule has 1 atom stereocenters. The van der Waals surface area contributed by atoms with Gasteiger partial charge < -0.3 is 5.32 Å². The predicted octanol–water partition coefficient (Wildman–Crippen LogP) is 2.39. The predicted molar refractivity (Wildman–Crippen MR) is 61.5 cm³/mol. The van der Waals surface area contributed by atoms with Crippen molar-refractivity contribution in [3.8, 4) is 0 Å². The van der Waals surface area contributed by atoms with E-state index in [2.05, 4.69) is 15.3 Å². The summed E-state index contributed by atoms with van der Waals surface area (Å²) < 4.78 is 0. The number of azide groups is 1. The molecule has 0 spiro atoms. The van der Waals surface area contributed by atoms with Crippen molar-refractivity contribution in [2.75, 3.05) is 0 Å². The third kappa shape index (κ3) is 3.63. The minimum atomic E-state index is -0.617. The van der Waals surface area contributed by atoms with Crippen LogP contribution in [0.1, 0.15) is 18.9 Å². The van der Waals surface area contributed by atoms with E-state index in [4.69, 9.17) is 5.53 Å². The molecule has 5 nitrogen and oxygen atoms in total. The van der Waals surface area contributed by atoms with E-state index in [-0.39, 0.29) is 5.91 Å². The Kier molecular flexibility index (Phi) is 4.89. The van der Waals surface area contributed by atoms with Crippen molar-refractivity contribution >= 4 is 5.91 Å². The molecule has 1 aromatic rings. The Morgan fingerprint density at radius 1 is 1.50 bits per heavy atom. The van der Waals surface area contributed by atoms with Crippen molar-refractivity contribution in [2.24, 2.45) is 5.11 Å². The fourth-order valence-corrected chi connectivity index (χ4v) is 1.28. The van der Waals surface area contributed by atoms with Crippen LogP contribution in [0.3, 0.4) is 0 Å². The molecule has 1 rings (SSSR count). The molecular weight excluding hydrogens is 204 g/mol. The first-order valence-corrected chi connectivity index (χ1v) is 5.13. The first kappa shape index (κ1) is 12.1. The van der Waals surface area contributed by atoms with E-state index in [1.807, 2.05) is 30.3 Å². The van der Waals surface area contributed by atoms with E-state index in [0.717, 1.165) is 5.56 Å². The maximum absolute atomic E-state index is 11.6. The number of benzene rings is 1. The van der Waals surface area contributed by atoms with Crippen molar-refractivity contribution in [1.29, 1.82) is 0 Å². The van der Waals surface area contributed by atoms with Gasteiger partial charge in [0.2, 0.25) is 5.91 Å². The number of carbonyl (C=O) groups excluding carboxylic acids is 1. The van der Waals surface area contributed by atoms with Crippen LogP contribution in [-0.4, -0.2) is 11.9 Å². The van der Waals surface area contributed by atoms with E-state index >= 15 is 0 Å². The van der Waals surface area contributed by atoms with E-state index < -0.39 is 6.04 Å². The van der Waals surface area contributed by atoms with Gasteiger partial charge in [-0.2, -0.15) is 0 Å². The first-order valence-electron chi connectivity index (χ1n) is 5.13. The second kappa shape index (κ2) is 6.48. The number of amides is 1. The van der Waals surface area contributed by atoms with Crippen LogP contribution in [0, 0.1) is 0 Å². The molecule has 0 bridgehead atoms. The van der Waals surface area contributed by atoms with E-state index in [0.29, 0.717) is 13.0 Å². The van der Waals surface area contributed by atoms with Crippen LogP contribution in [0.5, 0.6) is 0 Å². The number of hydrogen-bond donors (Lipinski definition) is 1. The SMILES string of the molecule is CCC(N=[N+]=[N-])C(=O)NCc1ccccc1. The minimum absolute atomic E-state index is 0.232. The monoisotopic (exact) mass is 218 g/mol. The molecule has 0 heterocycles. The van der Waals surface area contributed by atoms with E-state index in [1.54, 1.807) is 6.92 Å². The van der Waals surface area contributed by atoms with Gasteiger partial charge in [0, 0.05) is 11.5 Å². The average Bonchev–Trinajstić information content (AvgIpc) is 2.34. The average molecular weight is 218 g/mol. The van der Waals surface area contributed by atoms with Gasteiger partial charge in [-0.3, -0.25) is 4.79 Å². The quantitative estimate of drug-likeness (QED) is 0.459. The highest BCUT2D eigenvalue weighted by Gasteiger charge is 2.13. The minimum Gasteiger partial charge on any atom is -0.352 e. The Bertz CT molecular complexity index is 384. The fraction of sp³-hybridized carbons (Fsp3) is 0.364. The molecule has 1 N–H and O–H groups in total. The third-order valence-corrected chi connectivity index (χ3v) is 2.19. The number of carbonyl (C=O) groups is 1. The molecule has 0 aromatic heterocycles. The number of nitrogens with one attached hydrogen (secondary N) is 1. The zero-order chi connectivity index (χ0) is 11.8. The molecular formula is C11H14N4O. The number of hydrogen-bond acceptors (Lipinski definition) is 2. The lowest BCUT2D eigenvalue weighted by molar-refractivity contribution is -0.122. The van der Waals surface area contributed by atoms with E-state index in [9.17, 15) is 4.79 Å². The largest absolute Gasteiger partial charge is 0.352 e. The standard InChI is InChI=1S/C11H14N4O/c1-2-10(14-15-12)11(16)13-8-9-6-4-3-5-7-9/h3-7,10H,2,8H2,1H3,(H,13,16). The lowest BCUT2D eigenvalue weighted by Crippen LogP contribution is -2.32. The second-order valence-corrected chi connectivity index (χ2v) is 3.33. The molecule has 0 fully saturated rings. The Labute approximate surface area is 94.1 Å². The molecule has 0 radical (unpaired) electrons. The van der Waals surface area contributed by atoms with Crippen molar-refractivity contribution in [2.45, 2.75) is 25.9 Å². The summed E-state index contributed by atoms with van der Waals surface area (Å²) in [6, 6.07) is 8.97. The van der Waals surface area contributed by atoms with Gasteiger partial charge >= 0.3 is 0 Å². The molecule has 16 heavy (non-hydrogen) atoms. The van der Waals surface area contributed by atoms with Gasteiger partial charge in [-0.1, -0.05) is 42.4 Å². The maximum Gasteiger partial charge on any atom is 0.229 e. The lowest BCUT2D eigenvalue weighted by atomic mass is 10.2. The topological polar surface area (TPSA) is 77.9 Å². The second-order valence-electron chi connectivity index (χ2n) is 3.33. The van der Waals surface area contributed by atoms with E-state index in [1.165, 1.54) is 0 Å². The van der Waals surface area contributed by atoms with Gasteiger partial charge in [-0.15, -0.1) is 0 Å². The molecule has 0 saturated heterocycles. The Hall–Kier alpha value is -2.00. The Morgan fingerprint density at radius 2 is 2.19 bits per heavy atom. The van der Waals surface area contributed by atoms with Crippen LogP contribution >= 0.6 is 0 Å². The summed E-state index contributed by atoms with van der Waals surface area (Å²) in [6.45, 7) is 2.26. The van der Waals surface area contributed by atoms with Crippen LogP contribution in [0.2, 0.25) is 0 Å². The van der Waals surface area contributed by atoms with Gasteiger partial charge in [0.05, 0.1) is 0 Å². The summed E-state index contributed by atoms with van der Waals surface area (Å²) in [6.07, 6.45) is 0.505. The number of rotatable bonds is 5. The molecule has 1 aromatic carbocycles. The molecule has 5 heteroatoms. The Morgan fingerprint density at radius 3 is 2.75 bits per heavy atom. The molecule has 1 amide bonds. The van der Waals surface area contributed by atoms with Gasteiger partial charge in [0.25, 0.3) is 0 Å². The summed E-state index contributed by atoms with van der Waals surface area (Å²) in [4.78, 5) is 14.2. The highest BCUT2D eigenvalue weighted by atomic mass is 16.2. The van der Waals surface area contributed by atoms with Crippen molar-refractivity contribution in [3.63, 3.8) is 0 Å². The van der Waals surface area contributed by atoms with Gasteiger partial charge in [-0.05, 0) is 17.5 Å². The summed E-state index contributed by atoms with van der Waals surface area (Å²) >= 11 is 0. The zero-order valence-electron chi connectivity index (χ0n) is 9.13. The molecule has 0 aliphatic heterocycles. The Balaban J connectivity index is 2.49.